The Morgan fingerprint density at radius 1 is 1.43 bits per heavy atom. The van der Waals surface area contributed by atoms with Crippen LogP contribution in [0.1, 0.15) is 46.5 Å². The van der Waals surface area contributed by atoms with Crippen molar-refractivity contribution < 1.29 is 9.53 Å². The lowest BCUT2D eigenvalue weighted by Gasteiger charge is -2.40. The third kappa shape index (κ3) is 2.47. The van der Waals surface area contributed by atoms with Crippen molar-refractivity contribution in [1.29, 1.82) is 0 Å². The van der Waals surface area contributed by atoms with Crippen LogP contribution in [0, 0.1) is 5.41 Å². The molecule has 14 heavy (non-hydrogen) atoms. The van der Waals surface area contributed by atoms with Crippen molar-refractivity contribution >= 4 is 5.97 Å². The third-order valence-electron chi connectivity index (χ3n) is 2.77. The van der Waals surface area contributed by atoms with Crippen molar-refractivity contribution in [1.82, 2.24) is 0 Å². The summed E-state index contributed by atoms with van der Waals surface area (Å²) in [5.41, 5.74) is 4.89. The zero-order chi connectivity index (χ0) is 10.8. The lowest BCUT2D eigenvalue weighted by molar-refractivity contribution is -0.173. The van der Waals surface area contributed by atoms with Gasteiger partial charge in [0.15, 0.2) is 0 Å². The molecule has 0 saturated heterocycles. The van der Waals surface area contributed by atoms with Crippen LogP contribution in [0.15, 0.2) is 0 Å². The Morgan fingerprint density at radius 2 is 2.00 bits per heavy atom. The number of ether oxygens (including phenoxy) is 1. The number of hydrogen-bond acceptors (Lipinski definition) is 3. The highest BCUT2D eigenvalue weighted by atomic mass is 16.6. The summed E-state index contributed by atoms with van der Waals surface area (Å²) in [7, 11) is 0. The molecule has 0 heterocycles. The van der Waals surface area contributed by atoms with Gasteiger partial charge in [-0.1, -0.05) is 6.42 Å². The summed E-state index contributed by atoms with van der Waals surface area (Å²) in [6, 6.07) is 0. The summed E-state index contributed by atoms with van der Waals surface area (Å²) in [5, 5.41) is 0. The van der Waals surface area contributed by atoms with E-state index < -0.39 is 0 Å². The van der Waals surface area contributed by atoms with Gasteiger partial charge in [-0.15, -0.1) is 0 Å². The van der Waals surface area contributed by atoms with Gasteiger partial charge in [-0.05, 0) is 46.6 Å². The van der Waals surface area contributed by atoms with Crippen LogP contribution in [0.5, 0.6) is 0 Å². The highest BCUT2D eigenvalue weighted by Gasteiger charge is 2.45. The minimum Gasteiger partial charge on any atom is -0.460 e. The van der Waals surface area contributed by atoms with E-state index in [1.807, 2.05) is 20.8 Å². The molecule has 1 fully saturated rings. The number of rotatable bonds is 3. The molecule has 1 aliphatic rings. The van der Waals surface area contributed by atoms with Crippen molar-refractivity contribution in [2.75, 3.05) is 6.54 Å². The largest absolute Gasteiger partial charge is 0.460 e. The molecular weight excluding hydrogens is 178 g/mol. The summed E-state index contributed by atoms with van der Waals surface area (Å²) in [5.74, 6) is -0.0540. The maximum Gasteiger partial charge on any atom is 0.312 e. The fourth-order valence-corrected chi connectivity index (χ4v) is 1.82. The number of hydrogen-bond donors (Lipinski definition) is 1. The lowest BCUT2D eigenvalue weighted by Crippen LogP contribution is -2.43. The van der Waals surface area contributed by atoms with E-state index in [2.05, 4.69) is 0 Å². The zero-order valence-electron chi connectivity index (χ0n) is 9.43. The van der Waals surface area contributed by atoms with Crippen LogP contribution in [-0.2, 0) is 9.53 Å². The summed E-state index contributed by atoms with van der Waals surface area (Å²) >= 11 is 0. The van der Waals surface area contributed by atoms with Crippen molar-refractivity contribution in [3.05, 3.63) is 0 Å². The Kier molecular flexibility index (Phi) is 3.20. The molecule has 3 heteroatoms. The van der Waals surface area contributed by atoms with Gasteiger partial charge in [0.25, 0.3) is 0 Å². The van der Waals surface area contributed by atoms with Gasteiger partial charge in [0.2, 0.25) is 0 Å². The molecule has 3 nitrogen and oxygen atoms in total. The molecule has 0 aromatic heterocycles. The van der Waals surface area contributed by atoms with Crippen LogP contribution in [-0.4, -0.2) is 18.1 Å². The van der Waals surface area contributed by atoms with Crippen molar-refractivity contribution in [2.45, 2.75) is 52.1 Å². The molecule has 0 aliphatic heterocycles. The maximum absolute atomic E-state index is 11.9. The van der Waals surface area contributed by atoms with Crippen molar-refractivity contribution in [3.63, 3.8) is 0 Å². The fraction of sp³-hybridized carbons (Fsp3) is 0.909. The Labute approximate surface area is 86.0 Å². The zero-order valence-corrected chi connectivity index (χ0v) is 9.43. The molecule has 0 radical (unpaired) electrons. The van der Waals surface area contributed by atoms with Crippen molar-refractivity contribution in [2.24, 2.45) is 11.1 Å². The van der Waals surface area contributed by atoms with E-state index in [0.717, 1.165) is 25.7 Å². The second kappa shape index (κ2) is 3.89. The first kappa shape index (κ1) is 11.5. The van der Waals surface area contributed by atoms with E-state index in [9.17, 15) is 4.79 Å². The highest BCUT2D eigenvalue weighted by Crippen LogP contribution is 2.45. The molecule has 0 unspecified atom stereocenters. The Morgan fingerprint density at radius 3 is 2.29 bits per heavy atom. The Hall–Kier alpha value is -0.570. The number of carbonyl (C=O) groups excluding carboxylic acids is 1. The molecule has 1 saturated carbocycles. The molecular formula is C11H21NO2. The van der Waals surface area contributed by atoms with E-state index in [0.29, 0.717) is 6.54 Å². The van der Waals surface area contributed by atoms with Gasteiger partial charge in [-0.3, -0.25) is 4.79 Å². The van der Waals surface area contributed by atoms with Crippen LogP contribution < -0.4 is 5.73 Å². The van der Waals surface area contributed by atoms with Crippen LogP contribution in [0.3, 0.4) is 0 Å². The van der Waals surface area contributed by atoms with Gasteiger partial charge >= 0.3 is 5.97 Å². The molecule has 0 aromatic rings. The highest BCUT2D eigenvalue weighted by molar-refractivity contribution is 5.78. The Balaban J connectivity index is 2.57. The molecule has 1 rings (SSSR count). The monoisotopic (exact) mass is 199 g/mol. The average Bonchev–Trinajstić information content (AvgIpc) is 1.92. The molecule has 1 aliphatic carbocycles. The fourth-order valence-electron chi connectivity index (χ4n) is 1.82. The summed E-state index contributed by atoms with van der Waals surface area (Å²) in [4.78, 5) is 11.9. The molecule has 0 spiro atoms. The van der Waals surface area contributed by atoms with Gasteiger partial charge in [-0.25, -0.2) is 0 Å². The van der Waals surface area contributed by atoms with E-state index in [1.165, 1.54) is 0 Å². The maximum atomic E-state index is 11.9. The van der Waals surface area contributed by atoms with E-state index >= 15 is 0 Å². The third-order valence-corrected chi connectivity index (χ3v) is 2.77. The van der Waals surface area contributed by atoms with Gasteiger partial charge in [0.05, 0.1) is 5.41 Å². The molecule has 0 atom stereocenters. The van der Waals surface area contributed by atoms with Crippen LogP contribution in [0.25, 0.3) is 0 Å². The second-order valence-electron chi connectivity index (χ2n) is 5.17. The molecule has 0 bridgehead atoms. The SMILES string of the molecule is CC(C)(C)OC(=O)C1(CCN)CCC1. The standard InChI is InChI=1S/C11H21NO2/c1-10(2,3)14-9(13)11(7-8-12)5-4-6-11/h4-8,12H2,1-3H3. The first-order valence-corrected chi connectivity index (χ1v) is 5.33. The van der Waals surface area contributed by atoms with Gasteiger partial charge in [0, 0.05) is 0 Å². The number of esters is 1. The topological polar surface area (TPSA) is 52.3 Å². The minimum absolute atomic E-state index is 0.0540. The van der Waals surface area contributed by atoms with E-state index in [-0.39, 0.29) is 17.0 Å². The first-order valence-electron chi connectivity index (χ1n) is 5.33. The minimum atomic E-state index is -0.381. The predicted molar refractivity (Wildman–Crippen MR) is 55.8 cm³/mol. The van der Waals surface area contributed by atoms with Crippen molar-refractivity contribution in [3.8, 4) is 0 Å². The number of nitrogens with two attached hydrogens (primary N) is 1. The summed E-state index contributed by atoms with van der Waals surface area (Å²) in [6.45, 7) is 6.28. The van der Waals surface area contributed by atoms with Crippen LogP contribution in [0.2, 0.25) is 0 Å². The normalized spacial score (nSPS) is 20.0. The van der Waals surface area contributed by atoms with Gasteiger partial charge in [0.1, 0.15) is 5.60 Å². The Bertz CT molecular complexity index is 214. The average molecular weight is 199 g/mol. The van der Waals surface area contributed by atoms with Gasteiger partial charge in [-0.2, -0.15) is 0 Å². The molecule has 0 aromatic carbocycles. The van der Waals surface area contributed by atoms with E-state index in [1.54, 1.807) is 0 Å². The first-order chi connectivity index (χ1) is 6.40. The smallest absolute Gasteiger partial charge is 0.312 e. The van der Waals surface area contributed by atoms with Crippen LogP contribution in [0.4, 0.5) is 0 Å². The molecule has 2 N–H and O–H groups in total. The summed E-state index contributed by atoms with van der Waals surface area (Å²) in [6.07, 6.45) is 3.78. The molecule has 0 amide bonds. The number of carbonyl (C=O) groups is 1. The lowest BCUT2D eigenvalue weighted by atomic mass is 9.66. The summed E-state index contributed by atoms with van der Waals surface area (Å²) < 4.78 is 5.40. The predicted octanol–water partition coefficient (Wildman–Crippen LogP) is 1.85. The quantitative estimate of drug-likeness (QED) is 0.706. The molecule has 82 valence electrons. The van der Waals surface area contributed by atoms with E-state index in [4.69, 9.17) is 10.5 Å². The van der Waals surface area contributed by atoms with Crippen LogP contribution >= 0.6 is 0 Å². The van der Waals surface area contributed by atoms with Gasteiger partial charge < -0.3 is 10.5 Å². The second-order valence-corrected chi connectivity index (χ2v) is 5.17.